The second-order valence-electron chi connectivity index (χ2n) is 6.12. The second-order valence-corrected chi connectivity index (χ2v) is 6.98. The molecule has 1 aliphatic rings. The fraction of sp³-hybridized carbons (Fsp3) is 0.647. The Balaban J connectivity index is 0.00000264. The Morgan fingerprint density at radius 3 is 2.91 bits per heavy atom. The first-order valence-corrected chi connectivity index (χ1v) is 9.44. The Morgan fingerprint density at radius 2 is 2.26 bits per heavy atom. The molecular formula is C17H28ClN3OS. The molecule has 1 N–H and O–H groups in total. The molecule has 6 heteroatoms. The van der Waals surface area contributed by atoms with E-state index in [0.29, 0.717) is 11.7 Å². The van der Waals surface area contributed by atoms with E-state index in [1.54, 1.807) is 11.8 Å². The van der Waals surface area contributed by atoms with Gasteiger partial charge in [-0.3, -0.25) is 14.7 Å². The summed E-state index contributed by atoms with van der Waals surface area (Å²) in [6.45, 7) is 7.18. The molecule has 1 aromatic heterocycles. The SMILES string of the molecule is CCC[C@H]1CN(Cc2ncccc2C)C[C@@H]1NC(=O)CSC.Cl. The van der Waals surface area contributed by atoms with E-state index in [-0.39, 0.29) is 24.4 Å². The normalized spacial score (nSPS) is 21.0. The molecule has 130 valence electrons. The molecule has 1 amide bonds. The van der Waals surface area contributed by atoms with Crippen molar-refractivity contribution < 1.29 is 4.79 Å². The third-order valence-electron chi connectivity index (χ3n) is 4.29. The molecule has 0 aliphatic carbocycles. The highest BCUT2D eigenvalue weighted by Gasteiger charge is 2.33. The number of likely N-dealkylation sites (tertiary alicyclic amines) is 1. The second kappa shape index (κ2) is 10.2. The van der Waals surface area contributed by atoms with Crippen LogP contribution in [0, 0.1) is 12.8 Å². The van der Waals surface area contributed by atoms with Gasteiger partial charge in [-0.1, -0.05) is 19.4 Å². The van der Waals surface area contributed by atoms with Gasteiger partial charge in [0.1, 0.15) is 0 Å². The minimum atomic E-state index is 0. The first-order valence-electron chi connectivity index (χ1n) is 8.05. The molecule has 1 saturated heterocycles. The number of hydrogen-bond donors (Lipinski definition) is 1. The molecule has 4 nitrogen and oxygen atoms in total. The van der Waals surface area contributed by atoms with Crippen LogP contribution in [-0.2, 0) is 11.3 Å². The summed E-state index contributed by atoms with van der Waals surface area (Å²) in [5, 5.41) is 3.22. The first-order chi connectivity index (χ1) is 10.6. The summed E-state index contributed by atoms with van der Waals surface area (Å²) in [4.78, 5) is 18.8. The van der Waals surface area contributed by atoms with Gasteiger partial charge in [-0.15, -0.1) is 12.4 Å². The summed E-state index contributed by atoms with van der Waals surface area (Å²) in [6, 6.07) is 4.37. The van der Waals surface area contributed by atoms with Gasteiger partial charge in [0, 0.05) is 31.9 Å². The van der Waals surface area contributed by atoms with Crippen LogP contribution in [0.25, 0.3) is 0 Å². The van der Waals surface area contributed by atoms with E-state index in [0.717, 1.165) is 31.7 Å². The number of aromatic nitrogens is 1. The molecule has 0 radical (unpaired) electrons. The van der Waals surface area contributed by atoms with E-state index in [9.17, 15) is 4.79 Å². The van der Waals surface area contributed by atoms with Crippen molar-refractivity contribution in [2.24, 2.45) is 5.92 Å². The quantitative estimate of drug-likeness (QED) is 0.815. The number of amides is 1. The zero-order valence-corrected chi connectivity index (χ0v) is 15.9. The van der Waals surface area contributed by atoms with Crippen molar-refractivity contribution in [2.45, 2.75) is 39.3 Å². The molecule has 1 fully saturated rings. The number of nitrogens with one attached hydrogen (secondary N) is 1. The van der Waals surface area contributed by atoms with Crippen LogP contribution in [0.5, 0.6) is 0 Å². The molecule has 23 heavy (non-hydrogen) atoms. The monoisotopic (exact) mass is 357 g/mol. The third-order valence-corrected chi connectivity index (χ3v) is 4.84. The van der Waals surface area contributed by atoms with E-state index in [1.807, 2.05) is 18.5 Å². The molecule has 2 atom stereocenters. The standard InChI is InChI=1S/C17H27N3OS.ClH/c1-4-6-14-9-20(10-15-13(2)7-5-8-18-15)11-16(14)19-17(21)12-22-3;/h5,7-8,14,16H,4,6,9-12H2,1-3H3,(H,19,21);1H/t14-,16-;/m0./s1. The molecule has 2 heterocycles. The Hall–Kier alpha value is -0.780. The Kier molecular flexibility index (Phi) is 8.95. The highest BCUT2D eigenvalue weighted by Crippen LogP contribution is 2.23. The lowest BCUT2D eigenvalue weighted by molar-refractivity contribution is -0.119. The van der Waals surface area contributed by atoms with Crippen molar-refractivity contribution >= 4 is 30.1 Å². The maximum atomic E-state index is 11.9. The summed E-state index contributed by atoms with van der Waals surface area (Å²) in [6.07, 6.45) is 6.16. The fourth-order valence-electron chi connectivity index (χ4n) is 3.19. The minimum Gasteiger partial charge on any atom is -0.351 e. The molecule has 0 saturated carbocycles. The average Bonchev–Trinajstić information content (AvgIpc) is 2.84. The lowest BCUT2D eigenvalue weighted by atomic mass is 9.98. The van der Waals surface area contributed by atoms with E-state index in [2.05, 4.69) is 35.1 Å². The van der Waals surface area contributed by atoms with Gasteiger partial charge in [0.25, 0.3) is 0 Å². The Bertz CT molecular complexity index is 500. The van der Waals surface area contributed by atoms with Crippen LogP contribution in [0.2, 0.25) is 0 Å². The predicted octanol–water partition coefficient (Wildman–Crippen LogP) is 2.89. The van der Waals surface area contributed by atoms with Gasteiger partial charge in [0.15, 0.2) is 0 Å². The maximum Gasteiger partial charge on any atom is 0.230 e. The predicted molar refractivity (Wildman–Crippen MR) is 100 cm³/mol. The molecule has 1 aliphatic heterocycles. The van der Waals surface area contributed by atoms with Crippen LogP contribution >= 0.6 is 24.2 Å². The third kappa shape index (κ3) is 5.98. The molecule has 1 aromatic rings. The maximum absolute atomic E-state index is 11.9. The zero-order valence-electron chi connectivity index (χ0n) is 14.2. The lowest BCUT2D eigenvalue weighted by Crippen LogP contribution is -2.41. The number of aryl methyl sites for hydroxylation is 1. The topological polar surface area (TPSA) is 45.2 Å². The number of hydrogen-bond acceptors (Lipinski definition) is 4. The number of thioether (sulfide) groups is 1. The van der Waals surface area contributed by atoms with Gasteiger partial charge in [-0.2, -0.15) is 11.8 Å². The zero-order chi connectivity index (χ0) is 15.9. The fourth-order valence-corrected chi connectivity index (χ4v) is 3.54. The first kappa shape index (κ1) is 20.3. The molecule has 0 bridgehead atoms. The molecule has 0 aromatic carbocycles. The number of carbonyl (C=O) groups excluding carboxylic acids is 1. The van der Waals surface area contributed by atoms with E-state index in [1.165, 1.54) is 12.0 Å². The number of nitrogens with zero attached hydrogens (tertiary/aromatic N) is 2. The lowest BCUT2D eigenvalue weighted by Gasteiger charge is -2.19. The number of pyridine rings is 1. The van der Waals surface area contributed by atoms with Crippen molar-refractivity contribution in [2.75, 3.05) is 25.1 Å². The smallest absolute Gasteiger partial charge is 0.230 e. The molecule has 0 unspecified atom stereocenters. The summed E-state index contributed by atoms with van der Waals surface area (Å²) >= 11 is 1.58. The molecule has 2 rings (SSSR count). The van der Waals surface area contributed by atoms with Crippen molar-refractivity contribution in [1.29, 1.82) is 0 Å². The number of carbonyl (C=O) groups is 1. The molecular weight excluding hydrogens is 330 g/mol. The van der Waals surface area contributed by atoms with Gasteiger partial charge >= 0.3 is 0 Å². The van der Waals surface area contributed by atoms with Crippen LogP contribution in [-0.4, -0.2) is 46.9 Å². The van der Waals surface area contributed by atoms with Gasteiger partial charge in [0.05, 0.1) is 11.4 Å². The number of rotatable bonds is 7. The van der Waals surface area contributed by atoms with Crippen molar-refractivity contribution in [3.63, 3.8) is 0 Å². The van der Waals surface area contributed by atoms with E-state index >= 15 is 0 Å². The van der Waals surface area contributed by atoms with Crippen molar-refractivity contribution in [1.82, 2.24) is 15.2 Å². The number of halogens is 1. The van der Waals surface area contributed by atoms with Gasteiger partial charge < -0.3 is 5.32 Å². The summed E-state index contributed by atoms with van der Waals surface area (Å²) in [5.41, 5.74) is 2.39. The average molecular weight is 358 g/mol. The van der Waals surface area contributed by atoms with Crippen LogP contribution in [0.15, 0.2) is 18.3 Å². The largest absolute Gasteiger partial charge is 0.351 e. The van der Waals surface area contributed by atoms with Gasteiger partial charge in [0.2, 0.25) is 5.91 Å². The molecule has 0 spiro atoms. The Labute approximate surface area is 150 Å². The van der Waals surface area contributed by atoms with Crippen LogP contribution in [0.1, 0.15) is 31.0 Å². The van der Waals surface area contributed by atoms with Gasteiger partial charge in [-0.25, -0.2) is 0 Å². The van der Waals surface area contributed by atoms with E-state index in [4.69, 9.17) is 0 Å². The van der Waals surface area contributed by atoms with E-state index < -0.39 is 0 Å². The summed E-state index contributed by atoms with van der Waals surface area (Å²) < 4.78 is 0. The van der Waals surface area contributed by atoms with Crippen molar-refractivity contribution in [3.8, 4) is 0 Å². The van der Waals surface area contributed by atoms with Gasteiger partial charge in [-0.05, 0) is 37.1 Å². The minimum absolute atomic E-state index is 0. The van der Waals surface area contributed by atoms with Crippen LogP contribution in [0.3, 0.4) is 0 Å². The van der Waals surface area contributed by atoms with Crippen LogP contribution < -0.4 is 5.32 Å². The summed E-state index contributed by atoms with van der Waals surface area (Å²) in [7, 11) is 0. The summed E-state index contributed by atoms with van der Waals surface area (Å²) in [5.74, 6) is 1.27. The van der Waals surface area contributed by atoms with Crippen molar-refractivity contribution in [3.05, 3.63) is 29.6 Å². The van der Waals surface area contributed by atoms with Crippen LogP contribution in [0.4, 0.5) is 0 Å². The Morgan fingerprint density at radius 1 is 1.48 bits per heavy atom. The highest BCUT2D eigenvalue weighted by molar-refractivity contribution is 7.99. The highest BCUT2D eigenvalue weighted by atomic mass is 35.5.